The van der Waals surface area contributed by atoms with E-state index in [-0.39, 0.29) is 10.9 Å². The van der Waals surface area contributed by atoms with Gasteiger partial charge in [-0.1, -0.05) is 29.8 Å². The Bertz CT molecular complexity index is 1030. The predicted molar refractivity (Wildman–Crippen MR) is 113 cm³/mol. The van der Waals surface area contributed by atoms with Gasteiger partial charge < -0.3 is 9.73 Å². The number of carbonyl (C=O) groups excluding carboxylic acids is 1. The average molecular weight is 399 g/mol. The second kappa shape index (κ2) is 7.94. The minimum absolute atomic E-state index is 0.175. The molecule has 1 aromatic heterocycles. The molecule has 0 radical (unpaired) electrons. The van der Waals surface area contributed by atoms with E-state index in [4.69, 9.17) is 28.2 Å². The number of thiocarbonyl (C=S) groups is 1. The zero-order chi connectivity index (χ0) is 19.6. The summed E-state index contributed by atoms with van der Waals surface area (Å²) >= 11 is 11.3. The first kappa shape index (κ1) is 19.1. The molecule has 0 spiro atoms. The number of anilines is 1. The quantitative estimate of drug-likeness (QED) is 0.559. The third kappa shape index (κ3) is 4.38. The van der Waals surface area contributed by atoms with Crippen molar-refractivity contribution in [1.29, 1.82) is 0 Å². The van der Waals surface area contributed by atoms with Crippen LogP contribution in [0.2, 0.25) is 5.02 Å². The lowest BCUT2D eigenvalue weighted by Gasteiger charge is -2.11. The van der Waals surface area contributed by atoms with Crippen LogP contribution in [0.15, 0.2) is 52.9 Å². The van der Waals surface area contributed by atoms with Crippen molar-refractivity contribution in [3.05, 3.63) is 76.0 Å². The molecule has 0 saturated heterocycles. The van der Waals surface area contributed by atoms with Gasteiger partial charge in [-0.3, -0.25) is 10.1 Å². The van der Waals surface area contributed by atoms with Crippen LogP contribution in [0.25, 0.3) is 11.3 Å². The van der Waals surface area contributed by atoms with Gasteiger partial charge in [-0.25, -0.2) is 0 Å². The van der Waals surface area contributed by atoms with Crippen LogP contribution in [0.4, 0.5) is 5.69 Å². The van der Waals surface area contributed by atoms with E-state index in [1.165, 1.54) is 5.56 Å². The van der Waals surface area contributed by atoms with Crippen molar-refractivity contribution in [3.8, 4) is 11.3 Å². The molecular formula is C21H19ClN2O2S. The molecule has 0 atom stereocenters. The highest BCUT2D eigenvalue weighted by Crippen LogP contribution is 2.25. The number of aryl methyl sites for hydroxylation is 2. The molecule has 1 amide bonds. The summed E-state index contributed by atoms with van der Waals surface area (Å²) in [6.45, 7) is 5.96. The fourth-order valence-electron chi connectivity index (χ4n) is 2.57. The molecule has 3 aromatic rings. The second-order valence-electron chi connectivity index (χ2n) is 6.28. The van der Waals surface area contributed by atoms with E-state index < -0.39 is 5.91 Å². The number of carbonyl (C=O) groups is 1. The maximum atomic E-state index is 12.4. The summed E-state index contributed by atoms with van der Waals surface area (Å²) in [5.74, 6) is 0.408. The number of amides is 1. The summed E-state index contributed by atoms with van der Waals surface area (Å²) in [6.07, 6.45) is 0. The van der Waals surface area contributed by atoms with Gasteiger partial charge in [-0.2, -0.15) is 0 Å². The minimum Gasteiger partial charge on any atom is -0.451 e. The molecule has 0 unspecified atom stereocenters. The van der Waals surface area contributed by atoms with Crippen LogP contribution in [0.3, 0.4) is 0 Å². The van der Waals surface area contributed by atoms with E-state index in [0.29, 0.717) is 10.8 Å². The van der Waals surface area contributed by atoms with Crippen LogP contribution in [0.1, 0.15) is 27.2 Å². The largest absolute Gasteiger partial charge is 0.451 e. The van der Waals surface area contributed by atoms with Gasteiger partial charge >= 0.3 is 0 Å². The first-order valence-electron chi connectivity index (χ1n) is 8.40. The summed E-state index contributed by atoms with van der Waals surface area (Å²) in [7, 11) is 0. The van der Waals surface area contributed by atoms with Crippen LogP contribution < -0.4 is 10.6 Å². The number of halogens is 1. The predicted octanol–water partition coefficient (Wildman–Crippen LogP) is 5.65. The lowest BCUT2D eigenvalue weighted by molar-refractivity contribution is 0.0951. The molecule has 3 rings (SSSR count). The van der Waals surface area contributed by atoms with Crippen LogP contribution in [-0.2, 0) is 0 Å². The highest BCUT2D eigenvalue weighted by molar-refractivity contribution is 7.80. The molecule has 2 N–H and O–H groups in total. The monoisotopic (exact) mass is 398 g/mol. The van der Waals surface area contributed by atoms with E-state index in [1.807, 2.05) is 44.2 Å². The fraction of sp³-hybridized carbons (Fsp3) is 0.143. The number of furan rings is 1. The third-order valence-electron chi connectivity index (χ3n) is 4.36. The van der Waals surface area contributed by atoms with Crippen molar-refractivity contribution in [2.75, 3.05) is 5.32 Å². The smallest absolute Gasteiger partial charge is 0.293 e. The Morgan fingerprint density at radius 2 is 1.81 bits per heavy atom. The Morgan fingerprint density at radius 1 is 1.04 bits per heavy atom. The normalized spacial score (nSPS) is 10.5. The Hall–Kier alpha value is -2.63. The number of benzene rings is 2. The molecule has 0 saturated carbocycles. The number of nitrogens with one attached hydrogen (secondary N) is 2. The zero-order valence-corrected chi connectivity index (χ0v) is 16.8. The SMILES string of the molecule is Cc1ccc(-c2ccc(C(=O)NC(=S)Nc3cccc(Cl)c3C)o2)cc1C. The molecule has 0 aliphatic rings. The van der Waals surface area contributed by atoms with Crippen molar-refractivity contribution in [3.63, 3.8) is 0 Å². The molecule has 27 heavy (non-hydrogen) atoms. The highest BCUT2D eigenvalue weighted by Gasteiger charge is 2.14. The second-order valence-corrected chi connectivity index (χ2v) is 7.10. The summed E-state index contributed by atoms with van der Waals surface area (Å²) in [5, 5.41) is 6.40. The maximum Gasteiger partial charge on any atom is 0.293 e. The molecule has 0 fully saturated rings. The molecule has 138 valence electrons. The molecule has 6 heteroatoms. The van der Waals surface area contributed by atoms with Crippen LogP contribution in [0, 0.1) is 20.8 Å². The Morgan fingerprint density at radius 3 is 2.56 bits per heavy atom. The first-order chi connectivity index (χ1) is 12.8. The lowest BCUT2D eigenvalue weighted by atomic mass is 10.1. The van der Waals surface area contributed by atoms with E-state index in [0.717, 1.165) is 22.4 Å². The van der Waals surface area contributed by atoms with Crippen molar-refractivity contribution < 1.29 is 9.21 Å². The Labute approximate surface area is 168 Å². The maximum absolute atomic E-state index is 12.4. The van der Waals surface area contributed by atoms with Gasteiger partial charge in [0.2, 0.25) is 0 Å². The summed E-state index contributed by atoms with van der Waals surface area (Å²) in [6, 6.07) is 14.9. The van der Waals surface area contributed by atoms with Gasteiger partial charge in [-0.05, 0) is 80.0 Å². The van der Waals surface area contributed by atoms with Crippen molar-refractivity contribution in [2.45, 2.75) is 20.8 Å². The third-order valence-corrected chi connectivity index (χ3v) is 4.98. The van der Waals surface area contributed by atoms with Gasteiger partial charge in [-0.15, -0.1) is 0 Å². The lowest BCUT2D eigenvalue weighted by Crippen LogP contribution is -2.34. The topological polar surface area (TPSA) is 54.3 Å². The zero-order valence-electron chi connectivity index (χ0n) is 15.2. The van der Waals surface area contributed by atoms with Crippen molar-refractivity contribution in [1.82, 2.24) is 5.32 Å². The highest BCUT2D eigenvalue weighted by atomic mass is 35.5. The van der Waals surface area contributed by atoms with Gasteiger partial charge in [0.15, 0.2) is 10.9 Å². The van der Waals surface area contributed by atoms with E-state index in [2.05, 4.69) is 17.6 Å². The molecule has 4 nitrogen and oxygen atoms in total. The van der Waals surface area contributed by atoms with Gasteiger partial charge in [0.1, 0.15) is 5.76 Å². The van der Waals surface area contributed by atoms with E-state index in [1.54, 1.807) is 18.2 Å². The number of hydrogen-bond acceptors (Lipinski definition) is 3. The van der Waals surface area contributed by atoms with Crippen LogP contribution >= 0.6 is 23.8 Å². The van der Waals surface area contributed by atoms with E-state index >= 15 is 0 Å². The van der Waals surface area contributed by atoms with Crippen LogP contribution in [0.5, 0.6) is 0 Å². The standard InChI is InChI=1S/C21H19ClN2O2S/c1-12-7-8-15(11-13(12)2)18-9-10-19(26-18)20(25)24-21(27)23-17-6-4-5-16(22)14(17)3/h4-11H,1-3H3,(H2,23,24,25,27). The van der Waals surface area contributed by atoms with Crippen molar-refractivity contribution >= 4 is 40.5 Å². The van der Waals surface area contributed by atoms with Crippen LogP contribution in [-0.4, -0.2) is 11.0 Å². The number of hydrogen-bond donors (Lipinski definition) is 2. The minimum atomic E-state index is -0.415. The molecule has 0 bridgehead atoms. The number of rotatable bonds is 3. The fourth-order valence-corrected chi connectivity index (χ4v) is 2.95. The molecule has 0 aliphatic carbocycles. The van der Waals surface area contributed by atoms with Crippen molar-refractivity contribution in [2.24, 2.45) is 0 Å². The summed E-state index contributed by atoms with van der Waals surface area (Å²) in [5.41, 5.74) is 4.88. The first-order valence-corrected chi connectivity index (χ1v) is 9.18. The Kier molecular flexibility index (Phi) is 5.63. The summed E-state index contributed by atoms with van der Waals surface area (Å²) < 4.78 is 5.70. The molecular weight excluding hydrogens is 380 g/mol. The van der Waals surface area contributed by atoms with E-state index in [9.17, 15) is 4.79 Å². The summed E-state index contributed by atoms with van der Waals surface area (Å²) in [4.78, 5) is 12.4. The van der Waals surface area contributed by atoms with Gasteiger partial charge in [0, 0.05) is 16.3 Å². The molecule has 0 aliphatic heterocycles. The van der Waals surface area contributed by atoms with Gasteiger partial charge in [0.25, 0.3) is 5.91 Å². The Balaban J connectivity index is 1.69. The molecule has 1 heterocycles. The molecule has 2 aromatic carbocycles. The van der Waals surface area contributed by atoms with Gasteiger partial charge in [0.05, 0.1) is 0 Å². The average Bonchev–Trinajstić information content (AvgIpc) is 3.11.